The third kappa shape index (κ3) is 2.91. The summed E-state index contributed by atoms with van der Waals surface area (Å²) in [6.45, 7) is 1.81. The first kappa shape index (κ1) is 16.2. The number of nitrogens with one attached hydrogen (secondary N) is 1. The fraction of sp³-hybridized carbons (Fsp3) is 0.111. The third-order valence-corrected chi connectivity index (χ3v) is 4.63. The van der Waals surface area contributed by atoms with E-state index in [1.807, 2.05) is 19.1 Å². The van der Waals surface area contributed by atoms with E-state index >= 15 is 0 Å². The molecule has 7 nitrogen and oxygen atoms in total. The number of hydrogen-bond donors (Lipinski definition) is 1. The lowest BCUT2D eigenvalue weighted by atomic mass is 10.1. The van der Waals surface area contributed by atoms with Crippen LogP contribution in [0.4, 0.5) is 5.13 Å². The van der Waals surface area contributed by atoms with E-state index in [-0.39, 0.29) is 5.91 Å². The Morgan fingerprint density at radius 1 is 1.31 bits per heavy atom. The van der Waals surface area contributed by atoms with Gasteiger partial charge in [-0.3, -0.25) is 14.8 Å². The lowest BCUT2D eigenvalue weighted by molar-refractivity contribution is 0.102. The maximum Gasteiger partial charge on any atom is 0.345 e. The van der Waals surface area contributed by atoms with Crippen molar-refractivity contribution in [3.63, 3.8) is 0 Å². The third-order valence-electron chi connectivity index (χ3n) is 3.87. The normalized spacial score (nSPS) is 11.0. The van der Waals surface area contributed by atoms with Gasteiger partial charge in [-0.05, 0) is 19.1 Å². The number of carbonyl (C=O) groups is 1. The number of thiazole rings is 1. The van der Waals surface area contributed by atoms with E-state index in [1.165, 1.54) is 11.3 Å². The summed E-state index contributed by atoms with van der Waals surface area (Å²) < 4.78 is 6.92. The van der Waals surface area contributed by atoms with E-state index in [1.54, 1.807) is 41.5 Å². The molecule has 0 saturated carbocycles. The molecule has 0 bridgehead atoms. The van der Waals surface area contributed by atoms with E-state index in [9.17, 15) is 9.59 Å². The van der Waals surface area contributed by atoms with Gasteiger partial charge in [-0.2, -0.15) is 5.10 Å². The number of para-hydroxylation sites is 1. The van der Waals surface area contributed by atoms with Crippen LogP contribution >= 0.6 is 11.3 Å². The van der Waals surface area contributed by atoms with Crippen molar-refractivity contribution < 1.29 is 9.21 Å². The largest absolute Gasteiger partial charge is 0.422 e. The second-order valence-corrected chi connectivity index (χ2v) is 6.67. The number of fused-ring (bicyclic) bond motifs is 1. The van der Waals surface area contributed by atoms with Gasteiger partial charge in [-0.15, -0.1) is 11.3 Å². The summed E-state index contributed by atoms with van der Waals surface area (Å²) in [7, 11) is 1.75. The number of benzene rings is 1. The summed E-state index contributed by atoms with van der Waals surface area (Å²) in [5.74, 6) is -0.338. The maximum atomic E-state index is 12.3. The molecule has 1 amide bonds. The van der Waals surface area contributed by atoms with Crippen molar-refractivity contribution in [1.29, 1.82) is 0 Å². The van der Waals surface area contributed by atoms with Crippen molar-refractivity contribution >= 4 is 33.3 Å². The maximum absolute atomic E-state index is 12.3. The molecule has 3 aromatic heterocycles. The van der Waals surface area contributed by atoms with Crippen LogP contribution in [-0.2, 0) is 7.05 Å². The second-order valence-electron chi connectivity index (χ2n) is 5.81. The Balaban J connectivity index is 1.64. The van der Waals surface area contributed by atoms with Crippen LogP contribution in [0.15, 0.2) is 51.1 Å². The summed E-state index contributed by atoms with van der Waals surface area (Å²) in [6, 6.07) is 9.02. The van der Waals surface area contributed by atoms with Crippen LogP contribution in [0.2, 0.25) is 0 Å². The highest BCUT2D eigenvalue weighted by molar-refractivity contribution is 7.14. The van der Waals surface area contributed by atoms with Gasteiger partial charge in [0.25, 0.3) is 5.91 Å². The molecule has 130 valence electrons. The quantitative estimate of drug-likeness (QED) is 0.562. The van der Waals surface area contributed by atoms with Crippen molar-refractivity contribution in [3.05, 3.63) is 63.6 Å². The summed E-state index contributed by atoms with van der Waals surface area (Å²) >= 11 is 1.24. The van der Waals surface area contributed by atoms with E-state index < -0.39 is 5.63 Å². The highest BCUT2D eigenvalue weighted by atomic mass is 32.1. The van der Waals surface area contributed by atoms with Gasteiger partial charge in [0.2, 0.25) is 0 Å². The van der Waals surface area contributed by atoms with Gasteiger partial charge in [-0.25, -0.2) is 9.78 Å². The molecule has 3 heterocycles. The van der Waals surface area contributed by atoms with E-state index in [2.05, 4.69) is 15.4 Å². The van der Waals surface area contributed by atoms with Crippen molar-refractivity contribution in [3.8, 4) is 11.3 Å². The Bertz CT molecular complexity index is 1190. The van der Waals surface area contributed by atoms with Gasteiger partial charge >= 0.3 is 5.63 Å². The van der Waals surface area contributed by atoms with Gasteiger partial charge in [0, 0.05) is 29.6 Å². The number of carbonyl (C=O) groups excluding carboxylic acids is 1. The number of aryl methyl sites for hydroxylation is 2. The molecular formula is C18H14N4O3S. The van der Waals surface area contributed by atoms with Gasteiger partial charge < -0.3 is 4.42 Å². The van der Waals surface area contributed by atoms with Gasteiger partial charge in [0.1, 0.15) is 5.58 Å². The average molecular weight is 366 g/mol. The molecule has 0 aliphatic carbocycles. The predicted molar refractivity (Wildman–Crippen MR) is 99.5 cm³/mol. The zero-order chi connectivity index (χ0) is 18.3. The van der Waals surface area contributed by atoms with Crippen molar-refractivity contribution in [2.24, 2.45) is 7.05 Å². The number of hydrogen-bond acceptors (Lipinski definition) is 6. The number of amides is 1. The van der Waals surface area contributed by atoms with Crippen LogP contribution in [-0.4, -0.2) is 20.7 Å². The minimum absolute atomic E-state index is 0.338. The zero-order valence-electron chi connectivity index (χ0n) is 14.0. The molecule has 0 fully saturated rings. The summed E-state index contributed by atoms with van der Waals surface area (Å²) in [6.07, 6.45) is 1.77. The molecule has 8 heteroatoms. The summed E-state index contributed by atoms with van der Waals surface area (Å²) in [4.78, 5) is 28.9. The Morgan fingerprint density at radius 3 is 2.88 bits per heavy atom. The van der Waals surface area contributed by atoms with Gasteiger partial charge in [0.05, 0.1) is 11.3 Å². The van der Waals surface area contributed by atoms with Crippen molar-refractivity contribution in [2.45, 2.75) is 6.92 Å². The minimum Gasteiger partial charge on any atom is -0.422 e. The van der Waals surface area contributed by atoms with Crippen LogP contribution in [0.3, 0.4) is 0 Å². The molecular weight excluding hydrogens is 352 g/mol. The van der Waals surface area contributed by atoms with Gasteiger partial charge in [0.15, 0.2) is 10.8 Å². The highest BCUT2D eigenvalue weighted by Crippen LogP contribution is 2.25. The molecule has 26 heavy (non-hydrogen) atoms. The second kappa shape index (κ2) is 6.23. The molecule has 0 aliphatic rings. The molecule has 0 spiro atoms. The Hall–Kier alpha value is -3.26. The van der Waals surface area contributed by atoms with Crippen LogP contribution in [0.1, 0.15) is 16.1 Å². The number of anilines is 1. The fourth-order valence-corrected chi connectivity index (χ4v) is 3.39. The Morgan fingerprint density at radius 2 is 2.12 bits per heavy atom. The highest BCUT2D eigenvalue weighted by Gasteiger charge is 2.16. The molecule has 4 rings (SSSR count). The minimum atomic E-state index is -0.465. The number of aromatic nitrogens is 3. The van der Waals surface area contributed by atoms with E-state index in [4.69, 9.17) is 4.42 Å². The topological polar surface area (TPSA) is 90.0 Å². The lowest BCUT2D eigenvalue weighted by Crippen LogP contribution is -2.14. The molecule has 4 aromatic rings. The van der Waals surface area contributed by atoms with Crippen molar-refractivity contribution in [2.75, 3.05) is 5.32 Å². The average Bonchev–Trinajstić information content (AvgIpc) is 3.20. The van der Waals surface area contributed by atoms with Crippen molar-refractivity contribution in [1.82, 2.24) is 14.8 Å². The Labute approximate surface area is 151 Å². The molecule has 0 saturated heterocycles. The first-order valence-corrected chi connectivity index (χ1v) is 8.69. The standard InChI is InChI=1S/C18H14N4O3S/c1-10-8-22(2)21-15(10)16(23)20-18-19-13(9-26-18)12-7-11-5-3-4-6-14(11)25-17(12)24/h3-9H,1-2H3,(H,19,20,23). The molecule has 0 atom stereocenters. The number of rotatable bonds is 3. The smallest absolute Gasteiger partial charge is 0.345 e. The Kier molecular flexibility index (Phi) is 3.89. The van der Waals surface area contributed by atoms with E-state index in [0.717, 1.165) is 10.9 Å². The van der Waals surface area contributed by atoms with Gasteiger partial charge in [-0.1, -0.05) is 18.2 Å². The monoisotopic (exact) mass is 366 g/mol. The molecule has 1 aromatic carbocycles. The predicted octanol–water partition coefficient (Wildman–Crippen LogP) is 3.21. The number of nitrogens with zero attached hydrogens (tertiary/aromatic N) is 3. The lowest BCUT2D eigenvalue weighted by Gasteiger charge is -2.00. The zero-order valence-corrected chi connectivity index (χ0v) is 14.8. The van der Waals surface area contributed by atoms with E-state index in [0.29, 0.717) is 27.7 Å². The summed E-state index contributed by atoms with van der Waals surface area (Å²) in [5, 5.41) is 9.77. The van der Waals surface area contributed by atoms with Crippen LogP contribution < -0.4 is 10.9 Å². The summed E-state index contributed by atoms with van der Waals surface area (Å²) in [5.41, 5.74) is 1.99. The first-order valence-electron chi connectivity index (χ1n) is 7.81. The van der Waals surface area contributed by atoms with Crippen LogP contribution in [0.25, 0.3) is 22.2 Å². The fourth-order valence-electron chi connectivity index (χ4n) is 2.68. The SMILES string of the molecule is Cc1cn(C)nc1C(=O)Nc1nc(-c2cc3ccccc3oc2=O)cs1. The molecule has 0 unspecified atom stereocenters. The molecule has 0 aliphatic heterocycles. The van der Waals surface area contributed by atoms with Crippen LogP contribution in [0, 0.1) is 6.92 Å². The van der Waals surface area contributed by atoms with Crippen LogP contribution in [0.5, 0.6) is 0 Å². The molecule has 0 radical (unpaired) electrons. The first-order chi connectivity index (χ1) is 12.5. The molecule has 1 N–H and O–H groups in total.